The number of nitrogens with two attached hydrogens (primary N) is 1. The molecule has 17 heavy (non-hydrogen) atoms. The molecule has 0 aliphatic rings. The highest BCUT2D eigenvalue weighted by Crippen LogP contribution is 2.16. The summed E-state index contributed by atoms with van der Waals surface area (Å²) in [5, 5.41) is 3.34. The summed E-state index contributed by atoms with van der Waals surface area (Å²) < 4.78 is 1.89. The van der Waals surface area contributed by atoms with Crippen LogP contribution in [0.3, 0.4) is 0 Å². The van der Waals surface area contributed by atoms with Gasteiger partial charge in [0.2, 0.25) is 0 Å². The molecule has 0 spiro atoms. The van der Waals surface area contributed by atoms with E-state index in [2.05, 4.69) is 29.1 Å². The van der Waals surface area contributed by atoms with Gasteiger partial charge in [-0.2, -0.15) is 0 Å². The van der Waals surface area contributed by atoms with Gasteiger partial charge in [-0.05, 0) is 5.92 Å². The van der Waals surface area contributed by atoms with Gasteiger partial charge >= 0.3 is 0 Å². The number of rotatable bonds is 5. The number of imidazole rings is 1. The molecule has 0 atom stereocenters. The monoisotopic (exact) mass is 233 g/mol. The summed E-state index contributed by atoms with van der Waals surface area (Å²) in [7, 11) is 0. The third-order valence-electron chi connectivity index (χ3n) is 3.11. The van der Waals surface area contributed by atoms with Gasteiger partial charge in [-0.1, -0.05) is 26.7 Å². The van der Waals surface area contributed by atoms with Gasteiger partial charge in [0.15, 0.2) is 11.5 Å². The Morgan fingerprint density at radius 3 is 2.88 bits per heavy atom. The number of nitrogens with one attached hydrogen (secondary N) is 1. The van der Waals surface area contributed by atoms with Crippen molar-refractivity contribution in [3.05, 3.63) is 18.6 Å². The standard InChI is InChI=1S/C12H19N5/c1-3-9(4-2)7-15-11-12-14-5-6-17(12)8-10(13)16-11/h5-6,8-9H,3-4,7,13H2,1-2H3,(H,15,16). The molecule has 92 valence electrons. The molecule has 5 heteroatoms. The first kappa shape index (κ1) is 11.7. The van der Waals surface area contributed by atoms with Crippen LogP contribution in [0.25, 0.3) is 5.65 Å². The van der Waals surface area contributed by atoms with Crippen LogP contribution in [0, 0.1) is 5.92 Å². The van der Waals surface area contributed by atoms with Crippen molar-refractivity contribution in [2.24, 2.45) is 5.92 Å². The van der Waals surface area contributed by atoms with E-state index in [0.717, 1.165) is 30.9 Å². The molecular formula is C12H19N5. The minimum atomic E-state index is 0.502. The smallest absolute Gasteiger partial charge is 0.180 e. The van der Waals surface area contributed by atoms with Gasteiger partial charge in [0.05, 0.1) is 6.20 Å². The fourth-order valence-electron chi connectivity index (χ4n) is 1.89. The largest absolute Gasteiger partial charge is 0.382 e. The number of nitrogens with zero attached hydrogens (tertiary/aromatic N) is 3. The maximum atomic E-state index is 5.76. The van der Waals surface area contributed by atoms with E-state index in [1.54, 1.807) is 12.4 Å². The first-order valence-corrected chi connectivity index (χ1v) is 6.07. The van der Waals surface area contributed by atoms with Crippen molar-refractivity contribution in [2.45, 2.75) is 26.7 Å². The summed E-state index contributed by atoms with van der Waals surface area (Å²) in [5.74, 6) is 1.93. The van der Waals surface area contributed by atoms with Gasteiger partial charge in [-0.25, -0.2) is 9.97 Å². The molecule has 0 aromatic carbocycles. The zero-order valence-electron chi connectivity index (χ0n) is 10.3. The van der Waals surface area contributed by atoms with E-state index in [9.17, 15) is 0 Å². The zero-order chi connectivity index (χ0) is 12.3. The predicted molar refractivity (Wildman–Crippen MR) is 70.0 cm³/mol. The summed E-state index contributed by atoms with van der Waals surface area (Å²) in [6.45, 7) is 5.31. The molecule has 0 unspecified atom stereocenters. The predicted octanol–water partition coefficient (Wildman–Crippen LogP) is 2.16. The fraction of sp³-hybridized carbons (Fsp3) is 0.500. The molecule has 0 radical (unpaired) electrons. The van der Waals surface area contributed by atoms with E-state index in [-0.39, 0.29) is 0 Å². The van der Waals surface area contributed by atoms with Crippen molar-refractivity contribution in [3.63, 3.8) is 0 Å². The van der Waals surface area contributed by atoms with Crippen LogP contribution in [0.5, 0.6) is 0 Å². The zero-order valence-corrected chi connectivity index (χ0v) is 10.3. The van der Waals surface area contributed by atoms with E-state index < -0.39 is 0 Å². The molecule has 3 N–H and O–H groups in total. The lowest BCUT2D eigenvalue weighted by atomic mass is 10.0. The number of nitrogen functional groups attached to an aromatic ring is 1. The van der Waals surface area contributed by atoms with E-state index in [0.29, 0.717) is 11.7 Å². The highest BCUT2D eigenvalue weighted by molar-refractivity contribution is 5.64. The van der Waals surface area contributed by atoms with Crippen LogP contribution >= 0.6 is 0 Å². The fourth-order valence-corrected chi connectivity index (χ4v) is 1.89. The van der Waals surface area contributed by atoms with Crippen molar-refractivity contribution in [3.8, 4) is 0 Å². The number of aromatic nitrogens is 3. The molecule has 0 bridgehead atoms. The Hall–Kier alpha value is -1.78. The summed E-state index contributed by atoms with van der Waals surface area (Å²) in [5.41, 5.74) is 6.58. The first-order chi connectivity index (χ1) is 8.24. The third kappa shape index (κ3) is 2.49. The lowest BCUT2D eigenvalue weighted by Crippen LogP contribution is -2.14. The summed E-state index contributed by atoms with van der Waals surface area (Å²) in [4.78, 5) is 8.57. The Kier molecular flexibility index (Phi) is 3.46. The molecule has 5 nitrogen and oxygen atoms in total. The van der Waals surface area contributed by atoms with Crippen molar-refractivity contribution >= 4 is 17.3 Å². The van der Waals surface area contributed by atoms with Crippen LogP contribution in [0.15, 0.2) is 18.6 Å². The third-order valence-corrected chi connectivity index (χ3v) is 3.11. The number of hydrogen-bond acceptors (Lipinski definition) is 4. The van der Waals surface area contributed by atoms with Gasteiger partial charge in [-0.3, -0.25) is 0 Å². The van der Waals surface area contributed by atoms with Crippen LogP contribution < -0.4 is 11.1 Å². The van der Waals surface area contributed by atoms with Crippen LogP contribution in [0.4, 0.5) is 11.6 Å². The van der Waals surface area contributed by atoms with E-state index in [1.807, 2.05) is 10.6 Å². The second-order valence-electron chi connectivity index (χ2n) is 4.24. The molecule has 2 aromatic rings. The van der Waals surface area contributed by atoms with Gasteiger partial charge in [0, 0.05) is 18.9 Å². The van der Waals surface area contributed by atoms with Crippen LogP contribution in [-0.4, -0.2) is 20.9 Å². The average molecular weight is 233 g/mol. The Labute approximate surface area is 101 Å². The van der Waals surface area contributed by atoms with Gasteiger partial charge in [-0.15, -0.1) is 0 Å². The first-order valence-electron chi connectivity index (χ1n) is 6.07. The Morgan fingerprint density at radius 1 is 1.41 bits per heavy atom. The SMILES string of the molecule is CCC(CC)CNc1nc(N)cn2ccnc12. The molecule has 0 fully saturated rings. The van der Waals surface area contributed by atoms with E-state index in [4.69, 9.17) is 5.73 Å². The van der Waals surface area contributed by atoms with Crippen LogP contribution in [0.1, 0.15) is 26.7 Å². The van der Waals surface area contributed by atoms with Crippen LogP contribution in [0.2, 0.25) is 0 Å². The minimum absolute atomic E-state index is 0.502. The molecular weight excluding hydrogens is 214 g/mol. The second kappa shape index (κ2) is 5.03. The molecule has 0 amide bonds. The lowest BCUT2D eigenvalue weighted by Gasteiger charge is -2.14. The van der Waals surface area contributed by atoms with Gasteiger partial charge < -0.3 is 15.5 Å². The minimum Gasteiger partial charge on any atom is -0.382 e. The molecule has 0 aliphatic carbocycles. The molecule has 2 heterocycles. The van der Waals surface area contributed by atoms with E-state index >= 15 is 0 Å². The normalized spacial score (nSPS) is 11.2. The van der Waals surface area contributed by atoms with E-state index in [1.165, 1.54) is 0 Å². The topological polar surface area (TPSA) is 68.2 Å². The highest BCUT2D eigenvalue weighted by Gasteiger charge is 2.08. The number of anilines is 2. The van der Waals surface area contributed by atoms with Crippen molar-refractivity contribution in [2.75, 3.05) is 17.6 Å². The summed E-state index contributed by atoms with van der Waals surface area (Å²) in [6, 6.07) is 0. The average Bonchev–Trinajstić information content (AvgIpc) is 2.78. The maximum absolute atomic E-state index is 5.76. The molecule has 0 saturated heterocycles. The lowest BCUT2D eigenvalue weighted by molar-refractivity contribution is 0.518. The number of hydrogen-bond donors (Lipinski definition) is 2. The van der Waals surface area contributed by atoms with Gasteiger partial charge in [0.1, 0.15) is 5.82 Å². The van der Waals surface area contributed by atoms with Crippen molar-refractivity contribution in [1.29, 1.82) is 0 Å². The Balaban J connectivity index is 2.20. The Bertz CT molecular complexity index is 487. The summed E-state index contributed by atoms with van der Waals surface area (Å²) >= 11 is 0. The van der Waals surface area contributed by atoms with Gasteiger partial charge in [0.25, 0.3) is 0 Å². The molecule has 2 rings (SSSR count). The molecule has 2 aromatic heterocycles. The number of fused-ring (bicyclic) bond motifs is 1. The molecule has 0 saturated carbocycles. The van der Waals surface area contributed by atoms with Crippen molar-refractivity contribution in [1.82, 2.24) is 14.4 Å². The Morgan fingerprint density at radius 2 is 2.18 bits per heavy atom. The molecule has 0 aliphatic heterocycles. The van der Waals surface area contributed by atoms with Crippen molar-refractivity contribution < 1.29 is 0 Å². The quantitative estimate of drug-likeness (QED) is 0.830. The maximum Gasteiger partial charge on any atom is 0.180 e. The summed E-state index contributed by atoms with van der Waals surface area (Å²) in [6.07, 6.45) is 7.71. The van der Waals surface area contributed by atoms with Crippen LogP contribution in [-0.2, 0) is 0 Å². The highest BCUT2D eigenvalue weighted by atomic mass is 15.1. The second-order valence-corrected chi connectivity index (χ2v) is 4.24.